The lowest BCUT2D eigenvalue weighted by molar-refractivity contribution is -0.144. The molecule has 2 fully saturated rings. The molecule has 0 aliphatic heterocycles. The Morgan fingerprint density at radius 3 is 2.95 bits per heavy atom. The molecule has 2 aliphatic carbocycles. The second-order valence-electron chi connectivity index (χ2n) is 6.24. The molecule has 2 saturated carbocycles. The van der Waals surface area contributed by atoms with Crippen LogP contribution in [0.5, 0.6) is 0 Å². The standard InChI is InChI=1S/C15H23N3O2/c1-3-18-8-12(7-16-18)9(2)17-14-11-5-4-10(6-11)13(14)15(19)20/h7-11,13-14,17H,3-6H2,1-2H3,(H,19,20). The number of nitrogens with one attached hydrogen (secondary N) is 1. The topological polar surface area (TPSA) is 67.2 Å². The zero-order valence-corrected chi connectivity index (χ0v) is 12.1. The van der Waals surface area contributed by atoms with Gasteiger partial charge in [-0.25, -0.2) is 0 Å². The Morgan fingerprint density at radius 1 is 1.55 bits per heavy atom. The van der Waals surface area contributed by atoms with Crippen LogP contribution >= 0.6 is 0 Å². The Hall–Kier alpha value is -1.36. The fourth-order valence-corrected chi connectivity index (χ4v) is 4.05. The van der Waals surface area contributed by atoms with Gasteiger partial charge in [0.05, 0.1) is 12.1 Å². The minimum Gasteiger partial charge on any atom is -0.481 e. The summed E-state index contributed by atoms with van der Waals surface area (Å²) in [6.07, 6.45) is 7.26. The summed E-state index contributed by atoms with van der Waals surface area (Å²) < 4.78 is 1.91. The van der Waals surface area contributed by atoms with Crippen LogP contribution in [0.2, 0.25) is 0 Å². The first-order valence-electron chi connectivity index (χ1n) is 7.61. The van der Waals surface area contributed by atoms with Gasteiger partial charge in [-0.15, -0.1) is 0 Å². The molecule has 1 heterocycles. The minimum atomic E-state index is -0.633. The lowest BCUT2D eigenvalue weighted by Crippen LogP contribution is -2.45. The first kappa shape index (κ1) is 13.6. The monoisotopic (exact) mass is 277 g/mol. The summed E-state index contributed by atoms with van der Waals surface area (Å²) in [7, 11) is 0. The third-order valence-electron chi connectivity index (χ3n) is 5.12. The normalized spacial score (nSPS) is 33.5. The van der Waals surface area contributed by atoms with Crippen molar-refractivity contribution in [2.75, 3.05) is 0 Å². The Balaban J connectivity index is 1.71. The van der Waals surface area contributed by atoms with Crippen molar-refractivity contribution < 1.29 is 9.90 Å². The minimum absolute atomic E-state index is 0.117. The summed E-state index contributed by atoms with van der Waals surface area (Å²) in [5, 5.41) is 17.3. The van der Waals surface area contributed by atoms with Crippen LogP contribution in [0, 0.1) is 17.8 Å². The van der Waals surface area contributed by atoms with Crippen LogP contribution in [0.15, 0.2) is 12.4 Å². The number of hydrogen-bond donors (Lipinski definition) is 2. The summed E-state index contributed by atoms with van der Waals surface area (Å²) in [6.45, 7) is 5.02. The maximum absolute atomic E-state index is 11.5. The lowest BCUT2D eigenvalue weighted by Gasteiger charge is -2.31. The largest absolute Gasteiger partial charge is 0.481 e. The number of rotatable bonds is 5. The number of hydrogen-bond acceptors (Lipinski definition) is 3. The number of fused-ring (bicyclic) bond motifs is 2. The van der Waals surface area contributed by atoms with Crippen LogP contribution in [-0.2, 0) is 11.3 Å². The molecule has 0 spiro atoms. The van der Waals surface area contributed by atoms with E-state index in [4.69, 9.17) is 0 Å². The number of nitrogens with zero attached hydrogens (tertiary/aromatic N) is 2. The summed E-state index contributed by atoms with van der Waals surface area (Å²) in [5.41, 5.74) is 1.14. The maximum Gasteiger partial charge on any atom is 0.308 e. The van der Waals surface area contributed by atoms with E-state index in [1.165, 1.54) is 6.42 Å². The predicted molar refractivity (Wildman–Crippen MR) is 75.2 cm³/mol. The highest BCUT2D eigenvalue weighted by molar-refractivity contribution is 5.72. The molecule has 1 aromatic rings. The molecule has 1 aromatic heterocycles. The molecule has 0 amide bonds. The van der Waals surface area contributed by atoms with E-state index in [-0.39, 0.29) is 18.0 Å². The Labute approximate surface area is 119 Å². The van der Waals surface area contributed by atoms with Crippen LogP contribution in [0.25, 0.3) is 0 Å². The summed E-state index contributed by atoms with van der Waals surface area (Å²) >= 11 is 0. The molecule has 0 radical (unpaired) electrons. The third-order valence-corrected chi connectivity index (χ3v) is 5.12. The van der Waals surface area contributed by atoms with Crippen molar-refractivity contribution in [2.24, 2.45) is 17.8 Å². The third kappa shape index (κ3) is 2.24. The van der Waals surface area contributed by atoms with Crippen molar-refractivity contribution in [1.82, 2.24) is 15.1 Å². The molecular weight excluding hydrogens is 254 g/mol. The van der Waals surface area contributed by atoms with Crippen molar-refractivity contribution in [3.8, 4) is 0 Å². The average Bonchev–Trinajstić information content (AvgIpc) is 3.13. The highest BCUT2D eigenvalue weighted by atomic mass is 16.4. The van der Waals surface area contributed by atoms with Crippen molar-refractivity contribution in [3.05, 3.63) is 18.0 Å². The van der Waals surface area contributed by atoms with E-state index >= 15 is 0 Å². The number of carbonyl (C=O) groups is 1. The van der Waals surface area contributed by atoms with Gasteiger partial charge < -0.3 is 10.4 Å². The summed E-state index contributed by atoms with van der Waals surface area (Å²) in [5.74, 6) is 0.0638. The number of aryl methyl sites for hydroxylation is 1. The maximum atomic E-state index is 11.5. The van der Waals surface area contributed by atoms with E-state index in [0.717, 1.165) is 24.9 Å². The number of aromatic nitrogens is 2. The van der Waals surface area contributed by atoms with Gasteiger partial charge in [0, 0.05) is 30.4 Å². The van der Waals surface area contributed by atoms with Gasteiger partial charge in [-0.05, 0) is 44.9 Å². The molecule has 3 rings (SSSR count). The summed E-state index contributed by atoms with van der Waals surface area (Å²) in [4.78, 5) is 11.5. The molecule has 0 aromatic carbocycles. The van der Waals surface area contributed by atoms with Crippen LogP contribution in [0.4, 0.5) is 0 Å². The number of carboxylic acid groups (broad SMARTS) is 1. The van der Waals surface area contributed by atoms with Crippen LogP contribution in [0.1, 0.15) is 44.7 Å². The lowest BCUT2D eigenvalue weighted by atomic mass is 9.84. The molecule has 20 heavy (non-hydrogen) atoms. The molecule has 110 valence electrons. The molecule has 0 saturated heterocycles. The molecule has 5 heteroatoms. The van der Waals surface area contributed by atoms with E-state index in [9.17, 15) is 9.90 Å². The molecule has 2 N–H and O–H groups in total. The molecule has 5 unspecified atom stereocenters. The second-order valence-corrected chi connectivity index (χ2v) is 6.24. The van der Waals surface area contributed by atoms with Crippen LogP contribution < -0.4 is 5.32 Å². The smallest absolute Gasteiger partial charge is 0.308 e. The van der Waals surface area contributed by atoms with Gasteiger partial charge in [-0.3, -0.25) is 9.48 Å². The van der Waals surface area contributed by atoms with Crippen LogP contribution in [-0.4, -0.2) is 26.9 Å². The molecule has 2 bridgehead atoms. The highest BCUT2D eigenvalue weighted by Gasteiger charge is 2.51. The van der Waals surface area contributed by atoms with E-state index in [2.05, 4.69) is 24.3 Å². The molecule has 2 aliphatic rings. The van der Waals surface area contributed by atoms with Crippen molar-refractivity contribution in [1.29, 1.82) is 0 Å². The first-order valence-corrected chi connectivity index (χ1v) is 7.61. The fourth-order valence-electron chi connectivity index (χ4n) is 4.05. The zero-order chi connectivity index (χ0) is 14.3. The van der Waals surface area contributed by atoms with E-state index in [1.807, 2.05) is 17.1 Å². The zero-order valence-electron chi connectivity index (χ0n) is 12.1. The van der Waals surface area contributed by atoms with Gasteiger partial charge in [0.25, 0.3) is 0 Å². The van der Waals surface area contributed by atoms with Crippen molar-refractivity contribution in [2.45, 2.75) is 51.7 Å². The van der Waals surface area contributed by atoms with Crippen molar-refractivity contribution >= 4 is 5.97 Å². The van der Waals surface area contributed by atoms with Gasteiger partial charge in [-0.1, -0.05) is 0 Å². The Kier molecular flexibility index (Phi) is 3.54. The molecule has 5 nitrogen and oxygen atoms in total. The van der Waals surface area contributed by atoms with Crippen molar-refractivity contribution in [3.63, 3.8) is 0 Å². The first-order chi connectivity index (χ1) is 9.60. The van der Waals surface area contributed by atoms with E-state index in [1.54, 1.807) is 0 Å². The Bertz CT molecular complexity index is 499. The average molecular weight is 277 g/mol. The fraction of sp³-hybridized carbons (Fsp3) is 0.733. The highest BCUT2D eigenvalue weighted by Crippen LogP contribution is 2.49. The number of aliphatic carboxylic acids is 1. The van der Waals surface area contributed by atoms with Gasteiger partial charge in [0.2, 0.25) is 0 Å². The van der Waals surface area contributed by atoms with E-state index < -0.39 is 5.97 Å². The van der Waals surface area contributed by atoms with Gasteiger partial charge in [-0.2, -0.15) is 5.10 Å². The van der Waals surface area contributed by atoms with Gasteiger partial charge in [0.15, 0.2) is 0 Å². The molecular formula is C15H23N3O2. The second kappa shape index (κ2) is 5.20. The van der Waals surface area contributed by atoms with E-state index in [0.29, 0.717) is 11.8 Å². The predicted octanol–water partition coefficient (Wildman–Crippen LogP) is 2.05. The SMILES string of the molecule is CCn1cc(C(C)NC2C3CCC(C3)C2C(=O)O)cn1. The quantitative estimate of drug-likeness (QED) is 0.864. The molecule has 5 atom stereocenters. The Morgan fingerprint density at radius 2 is 2.30 bits per heavy atom. The van der Waals surface area contributed by atoms with Gasteiger partial charge in [0.1, 0.15) is 0 Å². The van der Waals surface area contributed by atoms with Crippen LogP contribution in [0.3, 0.4) is 0 Å². The summed E-state index contributed by atoms with van der Waals surface area (Å²) in [6, 6.07) is 0.271. The number of carboxylic acids is 1. The van der Waals surface area contributed by atoms with Gasteiger partial charge >= 0.3 is 5.97 Å².